The van der Waals surface area contributed by atoms with E-state index in [4.69, 9.17) is 10.8 Å². The van der Waals surface area contributed by atoms with Gasteiger partial charge in [0.15, 0.2) is 0 Å². The van der Waals surface area contributed by atoms with Gasteiger partial charge in [0.2, 0.25) is 5.91 Å². The van der Waals surface area contributed by atoms with Gasteiger partial charge >= 0.3 is 5.97 Å². The smallest absolute Gasteiger partial charge is 0.303 e. The van der Waals surface area contributed by atoms with E-state index in [9.17, 15) is 9.59 Å². The molecule has 0 saturated carbocycles. The van der Waals surface area contributed by atoms with E-state index < -0.39 is 11.4 Å². The average Bonchev–Trinajstić information content (AvgIpc) is 2.36. The number of rotatable bonds is 6. The molecule has 20 heavy (non-hydrogen) atoms. The van der Waals surface area contributed by atoms with Crippen molar-refractivity contribution in [2.45, 2.75) is 45.1 Å². The molecule has 0 bridgehead atoms. The van der Waals surface area contributed by atoms with E-state index in [1.165, 1.54) is 0 Å². The van der Waals surface area contributed by atoms with E-state index >= 15 is 0 Å². The summed E-state index contributed by atoms with van der Waals surface area (Å²) in [5.41, 5.74) is 6.47. The number of carbonyl (C=O) groups excluding carboxylic acids is 1. The number of anilines is 1. The molecule has 0 aromatic heterocycles. The maximum Gasteiger partial charge on any atom is 0.303 e. The summed E-state index contributed by atoms with van der Waals surface area (Å²) in [5.74, 6) is -0.982. The minimum absolute atomic E-state index is 0.0454. The van der Waals surface area contributed by atoms with E-state index in [1.54, 1.807) is 19.1 Å². The number of aliphatic carboxylic acids is 1. The van der Waals surface area contributed by atoms with Crippen LogP contribution in [0.3, 0.4) is 0 Å². The zero-order chi connectivity index (χ0) is 15.3. The van der Waals surface area contributed by atoms with Crippen LogP contribution in [0, 0.1) is 0 Å². The summed E-state index contributed by atoms with van der Waals surface area (Å²) in [6, 6.07) is 7.01. The number of nitrogens with one attached hydrogen (secondary N) is 1. The number of nitrogens with two attached hydrogens (primary N) is 1. The van der Waals surface area contributed by atoms with Crippen molar-refractivity contribution >= 4 is 17.6 Å². The number of hydrogen-bond donors (Lipinski definition) is 3. The third-order valence-corrected chi connectivity index (χ3v) is 3.37. The summed E-state index contributed by atoms with van der Waals surface area (Å²) >= 11 is 0. The Morgan fingerprint density at radius 3 is 2.35 bits per heavy atom. The van der Waals surface area contributed by atoms with Gasteiger partial charge in [-0.25, -0.2) is 0 Å². The molecule has 0 radical (unpaired) electrons. The molecule has 0 aliphatic rings. The first kappa shape index (κ1) is 16.0. The number of carboxylic acid groups (broad SMARTS) is 1. The fraction of sp³-hybridized carbons (Fsp3) is 0.467. The van der Waals surface area contributed by atoms with Gasteiger partial charge in [0, 0.05) is 18.2 Å². The predicted octanol–water partition coefficient (Wildman–Crippen LogP) is 1.92. The summed E-state index contributed by atoms with van der Waals surface area (Å²) in [6.07, 6.45) is 0.461. The Kier molecular flexibility index (Phi) is 5.13. The van der Waals surface area contributed by atoms with E-state index in [0.717, 1.165) is 5.56 Å². The molecule has 0 heterocycles. The van der Waals surface area contributed by atoms with Crippen LogP contribution in [-0.4, -0.2) is 23.0 Å². The molecular formula is C15H22N2O3. The SMILES string of the molecule is CC(CCC(=O)O)NC(=O)C(C)(C)c1ccc(N)cc1. The molecule has 0 fully saturated rings. The highest BCUT2D eigenvalue weighted by Crippen LogP contribution is 2.24. The van der Waals surface area contributed by atoms with E-state index in [2.05, 4.69) is 5.32 Å². The van der Waals surface area contributed by atoms with Gasteiger partial charge in [0.25, 0.3) is 0 Å². The van der Waals surface area contributed by atoms with Crippen molar-refractivity contribution in [2.24, 2.45) is 0 Å². The summed E-state index contributed by atoms with van der Waals surface area (Å²) in [6.45, 7) is 5.47. The van der Waals surface area contributed by atoms with Gasteiger partial charge in [-0.2, -0.15) is 0 Å². The van der Waals surface area contributed by atoms with Gasteiger partial charge in [0.1, 0.15) is 0 Å². The molecular weight excluding hydrogens is 256 g/mol. The first-order valence-corrected chi connectivity index (χ1v) is 6.62. The number of hydrogen-bond acceptors (Lipinski definition) is 3. The van der Waals surface area contributed by atoms with Crippen molar-refractivity contribution < 1.29 is 14.7 Å². The highest BCUT2D eigenvalue weighted by Gasteiger charge is 2.30. The second-order valence-electron chi connectivity index (χ2n) is 5.55. The van der Waals surface area contributed by atoms with Gasteiger partial charge in [-0.05, 0) is 44.9 Å². The summed E-state index contributed by atoms with van der Waals surface area (Å²) in [7, 11) is 0. The second-order valence-corrected chi connectivity index (χ2v) is 5.55. The quantitative estimate of drug-likeness (QED) is 0.693. The average molecular weight is 278 g/mol. The molecule has 0 spiro atoms. The Labute approximate surface area is 119 Å². The van der Waals surface area contributed by atoms with Gasteiger partial charge in [-0.3, -0.25) is 9.59 Å². The van der Waals surface area contributed by atoms with E-state index in [1.807, 2.05) is 26.0 Å². The van der Waals surface area contributed by atoms with E-state index in [-0.39, 0.29) is 18.4 Å². The summed E-state index contributed by atoms with van der Waals surface area (Å²) in [4.78, 5) is 22.8. The third-order valence-electron chi connectivity index (χ3n) is 3.37. The van der Waals surface area contributed by atoms with Crippen LogP contribution in [-0.2, 0) is 15.0 Å². The van der Waals surface area contributed by atoms with Crippen molar-refractivity contribution in [3.63, 3.8) is 0 Å². The van der Waals surface area contributed by atoms with Crippen molar-refractivity contribution in [2.75, 3.05) is 5.73 Å². The molecule has 1 amide bonds. The van der Waals surface area contributed by atoms with Crippen molar-refractivity contribution in [1.29, 1.82) is 0 Å². The largest absolute Gasteiger partial charge is 0.481 e. The van der Waals surface area contributed by atoms with Gasteiger partial charge in [-0.1, -0.05) is 12.1 Å². The zero-order valence-electron chi connectivity index (χ0n) is 12.1. The molecule has 5 heteroatoms. The number of carbonyl (C=O) groups is 2. The third kappa shape index (κ3) is 4.26. The zero-order valence-corrected chi connectivity index (χ0v) is 12.1. The Balaban J connectivity index is 2.69. The number of amides is 1. The lowest BCUT2D eigenvalue weighted by Gasteiger charge is -2.26. The lowest BCUT2D eigenvalue weighted by molar-refractivity contribution is -0.137. The minimum atomic E-state index is -0.858. The molecule has 0 aliphatic heterocycles. The van der Waals surface area contributed by atoms with Crippen molar-refractivity contribution in [1.82, 2.24) is 5.32 Å². The lowest BCUT2D eigenvalue weighted by atomic mass is 9.83. The Bertz CT molecular complexity index is 480. The maximum atomic E-state index is 12.3. The molecule has 1 rings (SSSR count). The molecule has 1 aromatic carbocycles. The monoisotopic (exact) mass is 278 g/mol. The lowest BCUT2D eigenvalue weighted by Crippen LogP contribution is -2.44. The molecule has 1 unspecified atom stereocenters. The van der Waals surface area contributed by atoms with Crippen LogP contribution >= 0.6 is 0 Å². The van der Waals surface area contributed by atoms with Gasteiger partial charge < -0.3 is 16.2 Å². The number of benzene rings is 1. The normalized spacial score (nSPS) is 12.8. The van der Waals surface area contributed by atoms with Crippen LogP contribution < -0.4 is 11.1 Å². The van der Waals surface area contributed by atoms with Crippen molar-refractivity contribution in [3.8, 4) is 0 Å². The Morgan fingerprint density at radius 1 is 1.30 bits per heavy atom. The van der Waals surface area contributed by atoms with Gasteiger partial charge in [-0.15, -0.1) is 0 Å². The van der Waals surface area contributed by atoms with Crippen LogP contribution in [0.2, 0.25) is 0 Å². The number of nitrogen functional groups attached to an aromatic ring is 1. The van der Waals surface area contributed by atoms with Crippen LogP contribution in [0.5, 0.6) is 0 Å². The molecule has 4 N–H and O–H groups in total. The van der Waals surface area contributed by atoms with Crippen molar-refractivity contribution in [3.05, 3.63) is 29.8 Å². The van der Waals surface area contributed by atoms with Crippen LogP contribution in [0.4, 0.5) is 5.69 Å². The predicted molar refractivity (Wildman–Crippen MR) is 78.4 cm³/mol. The van der Waals surface area contributed by atoms with Gasteiger partial charge in [0.05, 0.1) is 5.41 Å². The maximum absolute atomic E-state index is 12.3. The van der Waals surface area contributed by atoms with Crippen LogP contribution in [0.25, 0.3) is 0 Å². The molecule has 5 nitrogen and oxygen atoms in total. The molecule has 1 aromatic rings. The molecule has 0 aliphatic carbocycles. The number of carboxylic acids is 1. The minimum Gasteiger partial charge on any atom is -0.481 e. The topological polar surface area (TPSA) is 92.4 Å². The van der Waals surface area contributed by atoms with E-state index in [0.29, 0.717) is 12.1 Å². The highest BCUT2D eigenvalue weighted by atomic mass is 16.4. The molecule has 0 saturated heterocycles. The fourth-order valence-electron chi connectivity index (χ4n) is 1.85. The molecule has 110 valence electrons. The highest BCUT2D eigenvalue weighted by molar-refractivity contribution is 5.87. The first-order chi connectivity index (χ1) is 9.23. The molecule has 1 atom stereocenters. The fourth-order valence-corrected chi connectivity index (χ4v) is 1.85. The second kappa shape index (κ2) is 6.41. The van der Waals surface area contributed by atoms with Crippen LogP contribution in [0.1, 0.15) is 39.2 Å². The summed E-state index contributed by atoms with van der Waals surface area (Å²) < 4.78 is 0. The first-order valence-electron chi connectivity index (χ1n) is 6.62. The standard InChI is InChI=1S/C15H22N2O3/c1-10(4-9-13(18)19)17-14(20)15(2,3)11-5-7-12(16)8-6-11/h5-8,10H,4,9,16H2,1-3H3,(H,17,20)(H,18,19). The Hall–Kier alpha value is -2.04. The summed E-state index contributed by atoms with van der Waals surface area (Å²) in [5, 5.41) is 11.5. The van der Waals surface area contributed by atoms with Crippen LogP contribution in [0.15, 0.2) is 24.3 Å². The Morgan fingerprint density at radius 2 is 1.85 bits per heavy atom.